The highest BCUT2D eigenvalue weighted by atomic mass is 79.9. The molecule has 0 spiro atoms. The van der Waals surface area contributed by atoms with Gasteiger partial charge in [0.05, 0.1) is 9.40 Å². The number of nitro groups is 1. The van der Waals surface area contributed by atoms with Crippen molar-refractivity contribution in [3.8, 4) is 5.75 Å². The average molecular weight is 452 g/mol. The Kier molecular flexibility index (Phi) is 6.13. The van der Waals surface area contributed by atoms with Crippen LogP contribution < -0.4 is 9.64 Å². The van der Waals surface area contributed by atoms with E-state index in [0.29, 0.717) is 42.1 Å². The van der Waals surface area contributed by atoms with Crippen LogP contribution in [0, 0.1) is 15.9 Å². The zero-order valence-electron chi connectivity index (χ0n) is 15.2. The van der Waals surface area contributed by atoms with Crippen LogP contribution in [0.15, 0.2) is 46.9 Å². The Morgan fingerprint density at radius 1 is 1.21 bits per heavy atom. The lowest BCUT2D eigenvalue weighted by atomic mass is 10.2. The van der Waals surface area contributed by atoms with Gasteiger partial charge in [0.2, 0.25) is 0 Å². The average Bonchev–Trinajstić information content (AvgIpc) is 2.69. The van der Waals surface area contributed by atoms with Crippen molar-refractivity contribution in [3.05, 3.63) is 62.9 Å². The summed E-state index contributed by atoms with van der Waals surface area (Å²) in [5.74, 6) is -0.191. The second kappa shape index (κ2) is 8.55. The van der Waals surface area contributed by atoms with E-state index in [0.717, 1.165) is 0 Å². The first kappa shape index (κ1) is 20.1. The molecule has 0 aliphatic carbocycles. The van der Waals surface area contributed by atoms with Crippen molar-refractivity contribution in [2.75, 3.05) is 31.1 Å². The Bertz CT molecular complexity index is 887. The van der Waals surface area contributed by atoms with Gasteiger partial charge in [-0.1, -0.05) is 12.1 Å². The molecule has 1 heterocycles. The number of benzene rings is 2. The number of nitrogens with zero attached hydrogens (tertiary/aromatic N) is 3. The quantitative estimate of drug-likeness (QED) is 0.512. The van der Waals surface area contributed by atoms with Crippen LogP contribution in [0.2, 0.25) is 0 Å². The Morgan fingerprint density at radius 2 is 1.89 bits per heavy atom. The third kappa shape index (κ3) is 4.41. The van der Waals surface area contributed by atoms with E-state index in [1.165, 1.54) is 24.3 Å². The van der Waals surface area contributed by atoms with Crippen LogP contribution >= 0.6 is 15.9 Å². The first-order chi connectivity index (χ1) is 13.4. The molecule has 0 N–H and O–H groups in total. The monoisotopic (exact) mass is 451 g/mol. The van der Waals surface area contributed by atoms with Crippen LogP contribution in [0.3, 0.4) is 0 Å². The van der Waals surface area contributed by atoms with Gasteiger partial charge < -0.3 is 14.5 Å². The molecule has 9 heteroatoms. The number of carbonyl (C=O) groups is 1. The molecule has 0 saturated carbocycles. The molecule has 7 nitrogen and oxygen atoms in total. The number of hydrogen-bond donors (Lipinski definition) is 0. The number of nitro benzene ring substituents is 1. The van der Waals surface area contributed by atoms with E-state index in [4.69, 9.17) is 4.74 Å². The molecule has 1 aliphatic heterocycles. The van der Waals surface area contributed by atoms with Crippen molar-refractivity contribution >= 4 is 33.2 Å². The minimum absolute atomic E-state index is 0.0557. The van der Waals surface area contributed by atoms with Gasteiger partial charge in [0.15, 0.2) is 6.10 Å². The van der Waals surface area contributed by atoms with E-state index in [9.17, 15) is 19.3 Å². The van der Waals surface area contributed by atoms with Crippen molar-refractivity contribution in [1.82, 2.24) is 4.90 Å². The molecule has 28 heavy (non-hydrogen) atoms. The van der Waals surface area contributed by atoms with E-state index in [-0.39, 0.29) is 11.6 Å². The van der Waals surface area contributed by atoms with Gasteiger partial charge >= 0.3 is 0 Å². The highest BCUT2D eigenvalue weighted by Gasteiger charge is 2.28. The smallest absolute Gasteiger partial charge is 0.292 e. The maximum Gasteiger partial charge on any atom is 0.292 e. The van der Waals surface area contributed by atoms with Crippen LogP contribution in [0.5, 0.6) is 5.75 Å². The highest BCUT2D eigenvalue weighted by molar-refractivity contribution is 9.10. The number of carbonyl (C=O) groups excluding carboxylic acids is 1. The van der Waals surface area contributed by atoms with Crippen LogP contribution in [0.4, 0.5) is 15.8 Å². The van der Waals surface area contributed by atoms with Crippen molar-refractivity contribution in [1.29, 1.82) is 0 Å². The van der Waals surface area contributed by atoms with Crippen LogP contribution in [0.1, 0.15) is 6.92 Å². The number of para-hydroxylation sites is 2. The number of anilines is 1. The van der Waals surface area contributed by atoms with Crippen molar-refractivity contribution < 1.29 is 18.8 Å². The first-order valence-electron chi connectivity index (χ1n) is 8.75. The van der Waals surface area contributed by atoms with E-state index in [1.54, 1.807) is 30.0 Å². The highest BCUT2D eigenvalue weighted by Crippen LogP contribution is 2.29. The van der Waals surface area contributed by atoms with Gasteiger partial charge in [-0.3, -0.25) is 14.9 Å². The molecule has 1 aliphatic rings. The zero-order chi connectivity index (χ0) is 20.3. The fourth-order valence-electron chi connectivity index (χ4n) is 3.12. The molecule has 2 aromatic carbocycles. The first-order valence-corrected chi connectivity index (χ1v) is 9.55. The number of ether oxygens (including phenoxy) is 1. The molecule has 2 aromatic rings. The predicted molar refractivity (Wildman–Crippen MR) is 106 cm³/mol. The summed E-state index contributed by atoms with van der Waals surface area (Å²) in [4.78, 5) is 27.1. The van der Waals surface area contributed by atoms with E-state index in [1.807, 2.05) is 4.90 Å². The summed E-state index contributed by atoms with van der Waals surface area (Å²) in [6, 6.07) is 10.6. The topological polar surface area (TPSA) is 75.9 Å². The maximum atomic E-state index is 13.2. The number of rotatable bonds is 5. The van der Waals surface area contributed by atoms with E-state index in [2.05, 4.69) is 15.9 Å². The lowest BCUT2D eigenvalue weighted by molar-refractivity contribution is -0.384. The molecule has 3 rings (SSSR count). The van der Waals surface area contributed by atoms with Crippen LogP contribution in [-0.4, -0.2) is 48.0 Å². The minimum Gasteiger partial charge on any atom is -0.480 e. The molecule has 0 bridgehead atoms. The molecular formula is C19H19BrFN3O4. The number of hydrogen-bond acceptors (Lipinski definition) is 5. The second-order valence-corrected chi connectivity index (χ2v) is 7.25. The summed E-state index contributed by atoms with van der Waals surface area (Å²) in [6.45, 7) is 3.49. The zero-order valence-corrected chi connectivity index (χ0v) is 16.8. The van der Waals surface area contributed by atoms with Gasteiger partial charge in [-0.05, 0) is 47.1 Å². The summed E-state index contributed by atoms with van der Waals surface area (Å²) < 4.78 is 19.3. The van der Waals surface area contributed by atoms with Gasteiger partial charge in [-0.15, -0.1) is 0 Å². The summed E-state index contributed by atoms with van der Waals surface area (Å²) in [5, 5.41) is 11.2. The SMILES string of the molecule is CC(Oc1ccc(F)cc1Br)C(=O)N1CCN(c2ccccc2[N+](=O)[O-])CC1. The predicted octanol–water partition coefficient (Wildman–Crippen LogP) is 3.61. The van der Waals surface area contributed by atoms with Crippen molar-refractivity contribution in [2.45, 2.75) is 13.0 Å². The summed E-state index contributed by atoms with van der Waals surface area (Å²) >= 11 is 3.22. The van der Waals surface area contributed by atoms with E-state index >= 15 is 0 Å². The summed E-state index contributed by atoms with van der Waals surface area (Å²) in [6.07, 6.45) is -0.737. The molecule has 1 fully saturated rings. The standard InChI is InChI=1S/C19H19BrFN3O4/c1-13(28-18-7-6-14(21)12-15(18)20)19(25)23-10-8-22(9-11-23)16-4-2-3-5-17(16)24(26)27/h2-7,12-13H,8-11H2,1H3. The molecule has 1 amide bonds. The van der Waals surface area contributed by atoms with Crippen molar-refractivity contribution in [2.24, 2.45) is 0 Å². The fraction of sp³-hybridized carbons (Fsp3) is 0.316. The molecule has 1 atom stereocenters. The van der Waals surface area contributed by atoms with Gasteiger partial charge in [0.1, 0.15) is 17.3 Å². The molecule has 0 aromatic heterocycles. The van der Waals surface area contributed by atoms with Gasteiger partial charge in [-0.25, -0.2) is 4.39 Å². The Balaban J connectivity index is 1.61. The Labute approximate surface area is 170 Å². The minimum atomic E-state index is -0.737. The number of piperazine rings is 1. The maximum absolute atomic E-state index is 13.2. The van der Waals surface area contributed by atoms with Gasteiger partial charge in [0, 0.05) is 32.2 Å². The van der Waals surface area contributed by atoms with Gasteiger partial charge in [0.25, 0.3) is 11.6 Å². The molecule has 1 saturated heterocycles. The van der Waals surface area contributed by atoms with E-state index < -0.39 is 16.8 Å². The molecule has 1 unspecified atom stereocenters. The van der Waals surface area contributed by atoms with Crippen molar-refractivity contribution in [3.63, 3.8) is 0 Å². The third-order valence-corrected chi connectivity index (χ3v) is 5.18. The summed E-state index contributed by atoms with van der Waals surface area (Å²) in [5.41, 5.74) is 0.610. The largest absolute Gasteiger partial charge is 0.480 e. The molecular weight excluding hydrogens is 433 g/mol. The number of amides is 1. The van der Waals surface area contributed by atoms with Crippen LogP contribution in [0.25, 0.3) is 0 Å². The molecule has 0 radical (unpaired) electrons. The van der Waals surface area contributed by atoms with Crippen LogP contribution in [-0.2, 0) is 4.79 Å². The lowest BCUT2D eigenvalue weighted by Gasteiger charge is -2.36. The fourth-order valence-corrected chi connectivity index (χ4v) is 3.57. The normalized spacial score (nSPS) is 15.2. The second-order valence-electron chi connectivity index (χ2n) is 6.39. The van der Waals surface area contributed by atoms with Gasteiger partial charge in [-0.2, -0.15) is 0 Å². The Morgan fingerprint density at radius 3 is 2.54 bits per heavy atom. The summed E-state index contributed by atoms with van der Waals surface area (Å²) in [7, 11) is 0. The molecule has 148 valence electrons. The Hall–Kier alpha value is -2.68. The lowest BCUT2D eigenvalue weighted by Crippen LogP contribution is -2.52. The third-order valence-electron chi connectivity index (χ3n) is 4.56. The number of halogens is 2.